The molecule has 0 radical (unpaired) electrons. The van der Waals surface area contributed by atoms with E-state index in [9.17, 15) is 0 Å². The van der Waals surface area contributed by atoms with Gasteiger partial charge < -0.3 is 25.5 Å². The fourth-order valence-electron chi connectivity index (χ4n) is 0.494. The third kappa shape index (κ3) is 1.88. The van der Waals surface area contributed by atoms with Crippen molar-refractivity contribution >= 4 is 0 Å². The molecule has 0 amide bonds. The Bertz CT molecular complexity index is 118. The molecule has 0 unspecified atom stereocenters. The topological polar surface area (TPSA) is 101 Å². The van der Waals surface area contributed by atoms with Crippen LogP contribution in [0, 0.1) is 5.41 Å². The molecular formula is C6H14O5. The quantitative estimate of drug-likeness (QED) is 0.301. The third-order valence-corrected chi connectivity index (χ3v) is 1.89. The van der Waals surface area contributed by atoms with Gasteiger partial charge in [-0.3, -0.25) is 0 Å². The highest BCUT2D eigenvalue weighted by Gasteiger charge is 2.44. The average molecular weight is 166 g/mol. The summed E-state index contributed by atoms with van der Waals surface area (Å²) in [5.41, 5.74) is -1.50. The summed E-state index contributed by atoms with van der Waals surface area (Å²) in [6.07, 6.45) is 0. The zero-order chi connectivity index (χ0) is 9.12. The van der Waals surface area contributed by atoms with Crippen molar-refractivity contribution in [3.05, 3.63) is 0 Å². The van der Waals surface area contributed by atoms with E-state index in [0.717, 1.165) is 0 Å². The third-order valence-electron chi connectivity index (χ3n) is 1.89. The Kier molecular flexibility index (Phi) is 3.40. The van der Waals surface area contributed by atoms with Crippen molar-refractivity contribution in [3.63, 3.8) is 0 Å². The number of hydrogen-bond acceptors (Lipinski definition) is 5. The van der Waals surface area contributed by atoms with Crippen LogP contribution in [-0.2, 0) is 0 Å². The van der Waals surface area contributed by atoms with Crippen LogP contribution in [0.5, 0.6) is 0 Å². The van der Waals surface area contributed by atoms with Crippen LogP contribution in [0.1, 0.15) is 6.92 Å². The molecule has 0 saturated carbocycles. The van der Waals surface area contributed by atoms with E-state index in [1.807, 2.05) is 0 Å². The first-order valence-corrected chi connectivity index (χ1v) is 3.21. The Balaban J connectivity index is 4.47. The van der Waals surface area contributed by atoms with Crippen LogP contribution < -0.4 is 0 Å². The molecule has 0 aliphatic carbocycles. The van der Waals surface area contributed by atoms with Crippen molar-refractivity contribution in [2.75, 3.05) is 19.8 Å². The maximum Gasteiger partial charge on any atom is 0.196 e. The maximum absolute atomic E-state index is 9.03. The molecule has 0 aliphatic heterocycles. The van der Waals surface area contributed by atoms with Gasteiger partial charge in [-0.25, -0.2) is 0 Å². The second-order valence-corrected chi connectivity index (χ2v) is 2.85. The van der Waals surface area contributed by atoms with Gasteiger partial charge in [0.25, 0.3) is 0 Å². The Morgan fingerprint density at radius 2 is 1.27 bits per heavy atom. The maximum atomic E-state index is 9.03. The van der Waals surface area contributed by atoms with Crippen LogP contribution in [0.15, 0.2) is 0 Å². The first-order chi connectivity index (χ1) is 4.93. The Morgan fingerprint density at radius 3 is 1.36 bits per heavy atom. The molecule has 0 spiro atoms. The normalized spacial score (nSPS) is 13.6. The van der Waals surface area contributed by atoms with Gasteiger partial charge in [0.1, 0.15) is 0 Å². The molecule has 0 heterocycles. The van der Waals surface area contributed by atoms with Crippen molar-refractivity contribution in [1.82, 2.24) is 0 Å². The molecule has 0 aromatic carbocycles. The minimum absolute atomic E-state index is 0.614. The van der Waals surface area contributed by atoms with Crippen LogP contribution in [-0.4, -0.2) is 51.1 Å². The highest BCUT2D eigenvalue weighted by molar-refractivity contribution is 4.86. The summed E-state index contributed by atoms with van der Waals surface area (Å²) in [6, 6.07) is 0. The summed E-state index contributed by atoms with van der Waals surface area (Å²) in [5, 5.41) is 43.8. The fraction of sp³-hybridized carbons (Fsp3) is 1.00. The summed E-state index contributed by atoms with van der Waals surface area (Å²) in [5.74, 6) is -2.45. The van der Waals surface area contributed by atoms with Crippen molar-refractivity contribution in [2.45, 2.75) is 12.7 Å². The summed E-state index contributed by atoms with van der Waals surface area (Å²) in [6.45, 7) is -0.901. The zero-order valence-corrected chi connectivity index (χ0v) is 6.36. The second-order valence-electron chi connectivity index (χ2n) is 2.85. The van der Waals surface area contributed by atoms with Crippen LogP contribution >= 0.6 is 0 Å². The van der Waals surface area contributed by atoms with E-state index in [4.69, 9.17) is 25.5 Å². The first kappa shape index (κ1) is 10.8. The van der Waals surface area contributed by atoms with E-state index in [2.05, 4.69) is 0 Å². The molecule has 0 saturated heterocycles. The zero-order valence-electron chi connectivity index (χ0n) is 6.36. The number of aliphatic hydroxyl groups is 5. The van der Waals surface area contributed by atoms with E-state index in [1.165, 1.54) is 6.92 Å². The molecule has 5 N–H and O–H groups in total. The molecule has 68 valence electrons. The monoisotopic (exact) mass is 166 g/mol. The molecular weight excluding hydrogens is 152 g/mol. The van der Waals surface area contributed by atoms with E-state index in [-0.39, 0.29) is 0 Å². The predicted octanol–water partition coefficient (Wildman–Crippen LogP) is -2.35. The van der Waals surface area contributed by atoms with E-state index < -0.39 is 31.0 Å². The minimum Gasteiger partial charge on any atom is -0.396 e. The largest absolute Gasteiger partial charge is 0.396 e. The molecule has 0 bridgehead atoms. The standard InChI is InChI=1S/C6H14O5/c1-5(2-7,3-8)6(10,11)4-9/h7-11H,2-4H2,1H3. The lowest BCUT2D eigenvalue weighted by Crippen LogP contribution is -2.53. The van der Waals surface area contributed by atoms with Crippen molar-refractivity contribution in [3.8, 4) is 0 Å². The molecule has 5 nitrogen and oxygen atoms in total. The molecule has 0 aromatic rings. The molecule has 0 atom stereocenters. The number of hydrogen-bond donors (Lipinski definition) is 5. The van der Waals surface area contributed by atoms with Crippen molar-refractivity contribution < 1.29 is 25.5 Å². The minimum atomic E-state index is -2.45. The van der Waals surface area contributed by atoms with Gasteiger partial charge >= 0.3 is 0 Å². The summed E-state index contributed by atoms with van der Waals surface area (Å²) >= 11 is 0. The lowest BCUT2D eigenvalue weighted by Gasteiger charge is -2.36. The van der Waals surface area contributed by atoms with Crippen LogP contribution in [0.4, 0.5) is 0 Å². The van der Waals surface area contributed by atoms with Crippen LogP contribution in [0.2, 0.25) is 0 Å². The molecule has 0 aliphatic rings. The Morgan fingerprint density at radius 1 is 0.909 bits per heavy atom. The SMILES string of the molecule is CC(CO)(CO)C(O)(O)CO. The Hall–Kier alpha value is -0.200. The first-order valence-electron chi connectivity index (χ1n) is 3.21. The number of aliphatic hydroxyl groups excluding tert-OH is 3. The van der Waals surface area contributed by atoms with Gasteiger partial charge in [0.15, 0.2) is 5.79 Å². The van der Waals surface area contributed by atoms with Gasteiger partial charge in [-0.15, -0.1) is 0 Å². The average Bonchev–Trinajstić information content (AvgIpc) is 2.02. The second kappa shape index (κ2) is 3.46. The van der Waals surface area contributed by atoms with E-state index in [0.29, 0.717) is 0 Å². The lowest BCUT2D eigenvalue weighted by atomic mass is 9.83. The molecule has 5 heteroatoms. The highest BCUT2D eigenvalue weighted by atomic mass is 16.5. The smallest absolute Gasteiger partial charge is 0.196 e. The number of rotatable bonds is 4. The van der Waals surface area contributed by atoms with E-state index in [1.54, 1.807) is 0 Å². The van der Waals surface area contributed by atoms with E-state index >= 15 is 0 Å². The lowest BCUT2D eigenvalue weighted by molar-refractivity contribution is -0.273. The van der Waals surface area contributed by atoms with Crippen LogP contribution in [0.25, 0.3) is 0 Å². The van der Waals surface area contributed by atoms with Crippen molar-refractivity contribution in [1.29, 1.82) is 0 Å². The summed E-state index contributed by atoms with van der Waals surface area (Å²) in [4.78, 5) is 0. The molecule has 0 fully saturated rings. The summed E-state index contributed by atoms with van der Waals surface area (Å²) in [7, 11) is 0. The van der Waals surface area contributed by atoms with Gasteiger partial charge in [-0.2, -0.15) is 0 Å². The highest BCUT2D eigenvalue weighted by Crippen LogP contribution is 2.27. The van der Waals surface area contributed by atoms with Crippen molar-refractivity contribution in [2.24, 2.45) is 5.41 Å². The van der Waals surface area contributed by atoms with Gasteiger partial charge in [-0.05, 0) is 6.92 Å². The van der Waals surface area contributed by atoms with Crippen LogP contribution in [0.3, 0.4) is 0 Å². The van der Waals surface area contributed by atoms with Gasteiger partial charge in [-0.1, -0.05) is 0 Å². The molecule has 0 rings (SSSR count). The fourth-order valence-corrected chi connectivity index (χ4v) is 0.494. The van der Waals surface area contributed by atoms with Gasteiger partial charge in [0.2, 0.25) is 0 Å². The van der Waals surface area contributed by atoms with Gasteiger partial charge in [0.05, 0.1) is 25.2 Å². The predicted molar refractivity (Wildman–Crippen MR) is 36.5 cm³/mol. The van der Waals surface area contributed by atoms with Gasteiger partial charge in [0, 0.05) is 0 Å². The Labute approximate surface area is 64.5 Å². The molecule has 0 aromatic heterocycles. The summed E-state index contributed by atoms with van der Waals surface area (Å²) < 4.78 is 0. The molecule has 11 heavy (non-hydrogen) atoms.